The van der Waals surface area contributed by atoms with Crippen molar-refractivity contribution in [1.82, 2.24) is 0 Å². The van der Waals surface area contributed by atoms with E-state index in [1.54, 1.807) is 13.2 Å². The zero-order valence-electron chi connectivity index (χ0n) is 10.2. The number of rotatable bonds is 5. The summed E-state index contributed by atoms with van der Waals surface area (Å²) < 4.78 is 15.0. The van der Waals surface area contributed by atoms with Crippen LogP contribution < -0.4 is 9.47 Å². The fraction of sp³-hybridized carbons (Fsp3) is 0.308. The van der Waals surface area contributed by atoms with Gasteiger partial charge in [0.2, 0.25) is 0 Å². The van der Waals surface area contributed by atoms with Gasteiger partial charge < -0.3 is 14.2 Å². The highest BCUT2D eigenvalue weighted by molar-refractivity contribution is 5.71. The molecule has 0 bridgehead atoms. The molecule has 0 spiro atoms. The number of allylic oxidation sites excluding steroid dienone is 1. The predicted molar refractivity (Wildman–Crippen MR) is 65.2 cm³/mol. The monoisotopic (exact) mass is 236 g/mol. The summed E-state index contributed by atoms with van der Waals surface area (Å²) in [6.07, 6.45) is 3.89. The topological polar surface area (TPSA) is 44.8 Å². The molecule has 0 unspecified atom stereocenters. The Kier molecular flexibility index (Phi) is 5.07. The Bertz CT molecular complexity index is 410. The third-order valence-electron chi connectivity index (χ3n) is 2.12. The van der Waals surface area contributed by atoms with Gasteiger partial charge in [-0.2, -0.15) is 0 Å². The van der Waals surface area contributed by atoms with Crippen molar-refractivity contribution in [3.8, 4) is 11.5 Å². The van der Waals surface area contributed by atoms with E-state index in [0.29, 0.717) is 11.5 Å². The number of hydrogen-bond donors (Lipinski definition) is 0. The smallest absolute Gasteiger partial charge is 0.343 e. The largest absolute Gasteiger partial charge is 0.493 e. The van der Waals surface area contributed by atoms with Crippen molar-refractivity contribution in [2.45, 2.75) is 6.92 Å². The van der Waals surface area contributed by atoms with E-state index in [9.17, 15) is 4.79 Å². The van der Waals surface area contributed by atoms with E-state index in [-0.39, 0.29) is 6.61 Å². The van der Waals surface area contributed by atoms with E-state index >= 15 is 0 Å². The summed E-state index contributed by atoms with van der Waals surface area (Å²) in [4.78, 5) is 11.0. The summed E-state index contributed by atoms with van der Waals surface area (Å²) in [5, 5.41) is 0. The van der Waals surface area contributed by atoms with Gasteiger partial charge in [0.05, 0.1) is 14.2 Å². The fourth-order valence-corrected chi connectivity index (χ4v) is 1.30. The molecule has 17 heavy (non-hydrogen) atoms. The van der Waals surface area contributed by atoms with Crippen molar-refractivity contribution in [3.05, 3.63) is 29.8 Å². The van der Waals surface area contributed by atoms with E-state index in [2.05, 4.69) is 4.74 Å². The van der Waals surface area contributed by atoms with Gasteiger partial charge in [0.25, 0.3) is 0 Å². The lowest BCUT2D eigenvalue weighted by molar-refractivity contribution is -0.142. The van der Waals surface area contributed by atoms with Crippen molar-refractivity contribution in [1.29, 1.82) is 0 Å². The Labute approximate surface area is 101 Å². The number of carbonyl (C=O) groups excluding carboxylic acids is 1. The molecule has 0 aromatic heterocycles. The van der Waals surface area contributed by atoms with E-state index in [1.807, 2.05) is 31.2 Å². The number of ether oxygens (including phenoxy) is 3. The third kappa shape index (κ3) is 3.83. The second-order valence-electron chi connectivity index (χ2n) is 3.28. The summed E-state index contributed by atoms with van der Waals surface area (Å²) in [7, 11) is 2.87. The van der Waals surface area contributed by atoms with Crippen LogP contribution in [0.15, 0.2) is 24.3 Å². The quantitative estimate of drug-likeness (QED) is 0.736. The molecule has 0 N–H and O–H groups in total. The highest BCUT2D eigenvalue weighted by Crippen LogP contribution is 2.28. The molecule has 0 radical (unpaired) electrons. The molecule has 0 fully saturated rings. The number of esters is 1. The van der Waals surface area contributed by atoms with Gasteiger partial charge in [0.1, 0.15) is 0 Å². The molecule has 0 saturated heterocycles. The normalized spacial score (nSPS) is 10.3. The van der Waals surface area contributed by atoms with Crippen LogP contribution in [-0.2, 0) is 9.53 Å². The standard InChI is InChI=1S/C13H16O4/c1-4-5-10-6-7-11(12(8-10)15-2)17-9-13(14)16-3/h4-8H,9H2,1-3H3. The van der Waals surface area contributed by atoms with E-state index < -0.39 is 5.97 Å². The molecule has 0 aliphatic heterocycles. The van der Waals surface area contributed by atoms with Crippen molar-refractivity contribution < 1.29 is 19.0 Å². The van der Waals surface area contributed by atoms with Crippen molar-refractivity contribution >= 4 is 12.0 Å². The van der Waals surface area contributed by atoms with Crippen LogP contribution in [0.1, 0.15) is 12.5 Å². The van der Waals surface area contributed by atoms with Crippen LogP contribution in [0.3, 0.4) is 0 Å². The lowest BCUT2D eigenvalue weighted by Crippen LogP contribution is -2.12. The van der Waals surface area contributed by atoms with Gasteiger partial charge in [0.15, 0.2) is 18.1 Å². The Morgan fingerprint density at radius 2 is 2.06 bits per heavy atom. The van der Waals surface area contributed by atoms with Crippen molar-refractivity contribution in [3.63, 3.8) is 0 Å². The summed E-state index contributed by atoms with van der Waals surface area (Å²) in [5.74, 6) is 0.681. The lowest BCUT2D eigenvalue weighted by Gasteiger charge is -2.10. The molecule has 0 saturated carbocycles. The molecular formula is C13H16O4. The van der Waals surface area contributed by atoms with Crippen LogP contribution in [0.5, 0.6) is 11.5 Å². The molecule has 0 aliphatic rings. The van der Waals surface area contributed by atoms with Crippen LogP contribution in [-0.4, -0.2) is 26.8 Å². The second kappa shape index (κ2) is 6.58. The molecule has 0 aliphatic carbocycles. The van der Waals surface area contributed by atoms with Crippen LogP contribution in [0.4, 0.5) is 0 Å². The van der Waals surface area contributed by atoms with E-state index in [1.165, 1.54) is 7.11 Å². The minimum atomic E-state index is -0.426. The molecule has 0 amide bonds. The van der Waals surface area contributed by atoms with Crippen LogP contribution in [0, 0.1) is 0 Å². The van der Waals surface area contributed by atoms with Crippen molar-refractivity contribution in [2.24, 2.45) is 0 Å². The average Bonchev–Trinajstić information content (AvgIpc) is 2.36. The zero-order valence-corrected chi connectivity index (χ0v) is 10.2. The molecule has 1 aromatic carbocycles. The second-order valence-corrected chi connectivity index (χ2v) is 3.28. The number of hydrogen-bond acceptors (Lipinski definition) is 4. The SMILES string of the molecule is CC=Cc1ccc(OCC(=O)OC)c(OC)c1. The Hall–Kier alpha value is -1.97. The molecular weight excluding hydrogens is 220 g/mol. The molecule has 0 heterocycles. The molecule has 92 valence electrons. The highest BCUT2D eigenvalue weighted by atomic mass is 16.6. The molecule has 1 aromatic rings. The first-order chi connectivity index (χ1) is 8.21. The zero-order chi connectivity index (χ0) is 12.7. The lowest BCUT2D eigenvalue weighted by atomic mass is 10.2. The fourth-order valence-electron chi connectivity index (χ4n) is 1.30. The maximum absolute atomic E-state index is 11.0. The van der Waals surface area contributed by atoms with Crippen LogP contribution in [0.25, 0.3) is 6.08 Å². The number of methoxy groups -OCH3 is 2. The molecule has 4 nitrogen and oxygen atoms in total. The first-order valence-electron chi connectivity index (χ1n) is 5.21. The van der Waals surface area contributed by atoms with Gasteiger partial charge in [0, 0.05) is 0 Å². The average molecular weight is 236 g/mol. The third-order valence-corrected chi connectivity index (χ3v) is 2.12. The predicted octanol–water partition coefficient (Wildman–Crippen LogP) is 2.28. The van der Waals surface area contributed by atoms with Crippen LogP contribution in [0.2, 0.25) is 0 Å². The maximum Gasteiger partial charge on any atom is 0.343 e. The van der Waals surface area contributed by atoms with Gasteiger partial charge in [-0.25, -0.2) is 4.79 Å². The summed E-state index contributed by atoms with van der Waals surface area (Å²) >= 11 is 0. The van der Waals surface area contributed by atoms with Gasteiger partial charge in [-0.1, -0.05) is 18.2 Å². The highest BCUT2D eigenvalue weighted by Gasteiger charge is 2.07. The Balaban J connectivity index is 2.81. The molecule has 1 rings (SSSR count). The number of carbonyl (C=O) groups is 1. The van der Waals surface area contributed by atoms with Crippen LogP contribution >= 0.6 is 0 Å². The van der Waals surface area contributed by atoms with Gasteiger partial charge in [-0.05, 0) is 24.6 Å². The maximum atomic E-state index is 11.0. The van der Waals surface area contributed by atoms with E-state index in [4.69, 9.17) is 9.47 Å². The minimum Gasteiger partial charge on any atom is -0.493 e. The summed E-state index contributed by atoms with van der Waals surface area (Å²) in [5.41, 5.74) is 1.01. The van der Waals surface area contributed by atoms with Gasteiger partial charge in [-0.15, -0.1) is 0 Å². The molecule has 4 heteroatoms. The first-order valence-corrected chi connectivity index (χ1v) is 5.21. The van der Waals surface area contributed by atoms with Crippen molar-refractivity contribution in [2.75, 3.05) is 20.8 Å². The Morgan fingerprint density at radius 3 is 2.65 bits per heavy atom. The summed E-state index contributed by atoms with van der Waals surface area (Å²) in [6.45, 7) is 1.81. The summed E-state index contributed by atoms with van der Waals surface area (Å²) in [6, 6.07) is 5.48. The van der Waals surface area contributed by atoms with Gasteiger partial charge >= 0.3 is 5.97 Å². The Morgan fingerprint density at radius 1 is 1.29 bits per heavy atom. The number of benzene rings is 1. The first kappa shape index (κ1) is 13.1. The minimum absolute atomic E-state index is 0.129. The molecule has 0 atom stereocenters. The van der Waals surface area contributed by atoms with Gasteiger partial charge in [-0.3, -0.25) is 0 Å². The van der Waals surface area contributed by atoms with E-state index in [0.717, 1.165) is 5.56 Å².